The molecule has 5 heteroatoms. The van der Waals surface area contributed by atoms with Crippen LogP contribution >= 0.6 is 0 Å². The maximum atomic E-state index is 12.1. The first-order chi connectivity index (χ1) is 8.61. The minimum Gasteiger partial charge on any atom is -0.398 e. The van der Waals surface area contributed by atoms with Crippen LogP contribution in [0.4, 0.5) is 11.5 Å². The van der Waals surface area contributed by atoms with Crippen LogP contribution in [0.2, 0.25) is 0 Å². The van der Waals surface area contributed by atoms with E-state index in [0.29, 0.717) is 17.1 Å². The number of nitrogens with zero attached hydrogens (tertiary/aromatic N) is 1. The molecule has 0 spiro atoms. The fraction of sp³-hybridized carbons (Fsp3) is 0.231. The Morgan fingerprint density at radius 2 is 2.28 bits per heavy atom. The minimum absolute atomic E-state index is 0.236. The van der Waals surface area contributed by atoms with Gasteiger partial charge in [0.2, 0.25) is 0 Å². The fourth-order valence-corrected chi connectivity index (χ4v) is 1.79. The molecular formula is C13H16N4O. The summed E-state index contributed by atoms with van der Waals surface area (Å²) in [5.74, 6) is 0.277. The Labute approximate surface area is 105 Å². The number of hydrogen-bond acceptors (Lipinski definition) is 3. The van der Waals surface area contributed by atoms with Gasteiger partial charge in [0.1, 0.15) is 0 Å². The van der Waals surface area contributed by atoms with Crippen LogP contribution in [0.5, 0.6) is 0 Å². The summed E-state index contributed by atoms with van der Waals surface area (Å²) in [5.41, 5.74) is 8.61. The largest absolute Gasteiger partial charge is 0.398 e. The van der Waals surface area contributed by atoms with Gasteiger partial charge in [-0.15, -0.1) is 0 Å². The van der Waals surface area contributed by atoms with Crippen molar-refractivity contribution in [1.82, 2.24) is 10.2 Å². The highest BCUT2D eigenvalue weighted by molar-refractivity contribution is 6.08. The van der Waals surface area contributed by atoms with Gasteiger partial charge in [-0.2, -0.15) is 5.10 Å². The van der Waals surface area contributed by atoms with E-state index in [2.05, 4.69) is 15.5 Å². The molecule has 2 aromatic rings. The molecule has 0 saturated carbocycles. The lowest BCUT2D eigenvalue weighted by atomic mass is 10.1. The van der Waals surface area contributed by atoms with Gasteiger partial charge in [-0.3, -0.25) is 9.89 Å². The number of anilines is 2. The van der Waals surface area contributed by atoms with Crippen molar-refractivity contribution in [3.8, 4) is 0 Å². The molecule has 1 aromatic carbocycles. The lowest BCUT2D eigenvalue weighted by Gasteiger charge is -2.08. The van der Waals surface area contributed by atoms with Crippen molar-refractivity contribution >= 4 is 17.4 Å². The average Bonchev–Trinajstić information content (AvgIpc) is 2.76. The number of aromatic amines is 1. The number of rotatable bonds is 3. The lowest BCUT2D eigenvalue weighted by molar-refractivity contribution is 0.102. The maximum Gasteiger partial charge on any atom is 0.259 e. The van der Waals surface area contributed by atoms with Gasteiger partial charge in [0.25, 0.3) is 5.91 Å². The number of carbonyl (C=O) groups is 1. The molecule has 0 fully saturated rings. The molecular weight excluding hydrogens is 228 g/mol. The van der Waals surface area contributed by atoms with Gasteiger partial charge >= 0.3 is 0 Å². The molecule has 18 heavy (non-hydrogen) atoms. The Bertz CT molecular complexity index is 554. The normalized spacial score (nSPS) is 10.3. The van der Waals surface area contributed by atoms with Gasteiger partial charge in [0, 0.05) is 17.4 Å². The van der Waals surface area contributed by atoms with Crippen LogP contribution in [0.1, 0.15) is 28.5 Å². The molecule has 5 nitrogen and oxygen atoms in total. The van der Waals surface area contributed by atoms with Crippen molar-refractivity contribution in [1.29, 1.82) is 0 Å². The smallest absolute Gasteiger partial charge is 0.259 e. The van der Waals surface area contributed by atoms with E-state index in [1.807, 2.05) is 32.0 Å². The molecule has 1 heterocycles. The number of benzene rings is 1. The van der Waals surface area contributed by atoms with Gasteiger partial charge in [-0.25, -0.2) is 0 Å². The monoisotopic (exact) mass is 244 g/mol. The van der Waals surface area contributed by atoms with Crippen LogP contribution in [0.3, 0.4) is 0 Å². The number of aryl methyl sites for hydroxylation is 2. The first kappa shape index (κ1) is 12.2. The summed E-state index contributed by atoms with van der Waals surface area (Å²) in [6.45, 7) is 3.87. The van der Waals surface area contributed by atoms with Crippen LogP contribution in [0, 0.1) is 6.92 Å². The standard InChI is InChI=1S/C13H16N4O/c1-3-9-7-11(17-16-9)15-13(18)12-8(2)5-4-6-10(12)14/h4-7H,3,14H2,1-2H3,(H2,15,16,17,18). The molecule has 0 atom stereocenters. The van der Waals surface area contributed by atoms with Crippen molar-refractivity contribution in [3.05, 3.63) is 41.1 Å². The molecule has 1 amide bonds. The number of aromatic nitrogens is 2. The maximum absolute atomic E-state index is 12.1. The molecule has 0 bridgehead atoms. The van der Waals surface area contributed by atoms with E-state index in [4.69, 9.17) is 5.73 Å². The van der Waals surface area contributed by atoms with E-state index in [-0.39, 0.29) is 5.91 Å². The molecule has 0 aliphatic carbocycles. The Kier molecular flexibility index (Phi) is 3.32. The summed E-state index contributed by atoms with van der Waals surface area (Å²) in [5, 5.41) is 9.59. The van der Waals surface area contributed by atoms with Gasteiger partial charge < -0.3 is 11.1 Å². The first-order valence-corrected chi connectivity index (χ1v) is 5.82. The fourth-order valence-electron chi connectivity index (χ4n) is 1.79. The van der Waals surface area contributed by atoms with E-state index in [1.165, 1.54) is 0 Å². The number of nitrogen functional groups attached to an aromatic ring is 1. The second-order valence-electron chi connectivity index (χ2n) is 4.13. The van der Waals surface area contributed by atoms with Gasteiger partial charge in [-0.05, 0) is 25.0 Å². The molecule has 94 valence electrons. The van der Waals surface area contributed by atoms with Gasteiger partial charge in [-0.1, -0.05) is 19.1 Å². The summed E-state index contributed by atoms with van der Waals surface area (Å²) in [7, 11) is 0. The van der Waals surface area contributed by atoms with Crippen molar-refractivity contribution < 1.29 is 4.79 Å². The van der Waals surface area contributed by atoms with Crippen molar-refractivity contribution in [3.63, 3.8) is 0 Å². The van der Waals surface area contributed by atoms with Crippen LogP contribution in [0.25, 0.3) is 0 Å². The number of nitrogens with one attached hydrogen (secondary N) is 2. The quantitative estimate of drug-likeness (QED) is 0.723. The van der Waals surface area contributed by atoms with E-state index in [1.54, 1.807) is 6.07 Å². The third-order valence-corrected chi connectivity index (χ3v) is 2.79. The summed E-state index contributed by atoms with van der Waals surface area (Å²) in [6.07, 6.45) is 0.843. The van der Waals surface area contributed by atoms with E-state index in [0.717, 1.165) is 17.7 Å². The van der Waals surface area contributed by atoms with Crippen LogP contribution in [0.15, 0.2) is 24.3 Å². The third-order valence-electron chi connectivity index (χ3n) is 2.79. The zero-order valence-electron chi connectivity index (χ0n) is 10.4. The molecule has 0 aliphatic rings. The van der Waals surface area contributed by atoms with Crippen molar-refractivity contribution in [2.75, 3.05) is 11.1 Å². The van der Waals surface area contributed by atoms with Crippen LogP contribution < -0.4 is 11.1 Å². The Hall–Kier alpha value is -2.30. The number of amides is 1. The molecule has 1 aromatic heterocycles. The number of H-pyrrole nitrogens is 1. The Morgan fingerprint density at radius 3 is 2.89 bits per heavy atom. The Balaban J connectivity index is 2.22. The summed E-state index contributed by atoms with van der Waals surface area (Å²) >= 11 is 0. The van der Waals surface area contributed by atoms with Crippen molar-refractivity contribution in [2.45, 2.75) is 20.3 Å². The SMILES string of the molecule is CCc1cc(NC(=O)c2c(C)cccc2N)n[nH]1. The number of carbonyl (C=O) groups excluding carboxylic acids is 1. The molecule has 0 aliphatic heterocycles. The van der Waals surface area contributed by atoms with Gasteiger partial charge in [0.15, 0.2) is 5.82 Å². The highest BCUT2D eigenvalue weighted by Crippen LogP contribution is 2.18. The van der Waals surface area contributed by atoms with E-state index in [9.17, 15) is 4.79 Å². The van der Waals surface area contributed by atoms with E-state index >= 15 is 0 Å². The predicted octanol–water partition coefficient (Wildman–Crippen LogP) is 2.12. The zero-order valence-corrected chi connectivity index (χ0v) is 10.4. The second kappa shape index (κ2) is 4.91. The van der Waals surface area contributed by atoms with Crippen LogP contribution in [-0.2, 0) is 6.42 Å². The predicted molar refractivity (Wildman–Crippen MR) is 71.5 cm³/mol. The first-order valence-electron chi connectivity index (χ1n) is 5.82. The van der Waals surface area contributed by atoms with Crippen molar-refractivity contribution in [2.24, 2.45) is 0 Å². The third kappa shape index (κ3) is 2.34. The summed E-state index contributed by atoms with van der Waals surface area (Å²) in [4.78, 5) is 12.1. The molecule has 0 saturated heterocycles. The Morgan fingerprint density at radius 1 is 1.50 bits per heavy atom. The summed E-state index contributed by atoms with van der Waals surface area (Å²) in [6, 6.07) is 7.20. The number of nitrogens with two attached hydrogens (primary N) is 1. The number of hydrogen-bond donors (Lipinski definition) is 3. The lowest BCUT2D eigenvalue weighted by Crippen LogP contribution is -2.15. The molecule has 0 unspecified atom stereocenters. The minimum atomic E-state index is -0.236. The van der Waals surface area contributed by atoms with Gasteiger partial charge in [0.05, 0.1) is 5.56 Å². The second-order valence-corrected chi connectivity index (χ2v) is 4.13. The average molecular weight is 244 g/mol. The van der Waals surface area contributed by atoms with E-state index < -0.39 is 0 Å². The topological polar surface area (TPSA) is 83.8 Å². The molecule has 4 N–H and O–H groups in total. The molecule has 0 radical (unpaired) electrons. The molecule has 2 rings (SSSR count). The van der Waals surface area contributed by atoms with Crippen LogP contribution in [-0.4, -0.2) is 16.1 Å². The summed E-state index contributed by atoms with van der Waals surface area (Å²) < 4.78 is 0. The highest BCUT2D eigenvalue weighted by atomic mass is 16.1. The highest BCUT2D eigenvalue weighted by Gasteiger charge is 2.13. The zero-order chi connectivity index (χ0) is 13.1.